The third-order valence-electron chi connectivity index (χ3n) is 7.58. The summed E-state index contributed by atoms with van der Waals surface area (Å²) in [5.74, 6) is 1.31. The quantitative estimate of drug-likeness (QED) is 0.243. The number of pyridine rings is 1. The fourth-order valence-corrected chi connectivity index (χ4v) is 5.90. The summed E-state index contributed by atoms with van der Waals surface area (Å²) in [5.41, 5.74) is 3.41. The molecule has 4 aromatic rings. The Morgan fingerprint density at radius 2 is 1.90 bits per heavy atom. The molecule has 10 heteroatoms. The van der Waals surface area contributed by atoms with Gasteiger partial charge in [-0.1, -0.05) is 46.6 Å². The first-order valence-electron chi connectivity index (χ1n) is 13.0. The monoisotopic (exact) mass is 579 g/mol. The number of anilines is 1. The lowest BCUT2D eigenvalue weighted by atomic mass is 9.86. The minimum absolute atomic E-state index is 0.155. The number of ether oxygens (including phenoxy) is 1. The molecule has 6 rings (SSSR count). The van der Waals surface area contributed by atoms with Crippen molar-refractivity contribution >= 4 is 35.0 Å². The Morgan fingerprint density at radius 3 is 2.55 bits per heavy atom. The lowest BCUT2D eigenvalue weighted by Gasteiger charge is -2.47. The normalized spacial score (nSPS) is 16.1. The topological polar surface area (TPSA) is 109 Å². The molecule has 0 atom stereocenters. The number of carbonyl (C=O) groups is 1. The third kappa shape index (κ3) is 4.80. The van der Waals surface area contributed by atoms with Gasteiger partial charge in [-0.25, -0.2) is 9.78 Å². The van der Waals surface area contributed by atoms with E-state index in [2.05, 4.69) is 10.1 Å². The van der Waals surface area contributed by atoms with Crippen LogP contribution >= 0.6 is 23.2 Å². The van der Waals surface area contributed by atoms with Crippen LogP contribution in [0.1, 0.15) is 57.3 Å². The molecular weight excluding hydrogens is 553 g/mol. The van der Waals surface area contributed by atoms with E-state index in [-0.39, 0.29) is 25.3 Å². The second-order valence-corrected chi connectivity index (χ2v) is 11.3. The smallest absolute Gasteiger partial charge is 0.337 e. The number of aromatic nitrogens is 2. The molecule has 0 spiro atoms. The van der Waals surface area contributed by atoms with E-state index in [1.165, 1.54) is 6.07 Å². The Kier molecular flexibility index (Phi) is 6.73. The van der Waals surface area contributed by atoms with E-state index in [9.17, 15) is 15.0 Å². The zero-order valence-corrected chi connectivity index (χ0v) is 23.5. The molecule has 0 amide bonds. The molecule has 2 fully saturated rings. The summed E-state index contributed by atoms with van der Waals surface area (Å²) in [5, 5.41) is 25.9. The van der Waals surface area contributed by atoms with Crippen molar-refractivity contribution in [1.29, 1.82) is 0 Å². The van der Waals surface area contributed by atoms with E-state index in [4.69, 9.17) is 32.5 Å². The van der Waals surface area contributed by atoms with Gasteiger partial charge in [-0.15, -0.1) is 0 Å². The molecule has 0 unspecified atom stereocenters. The summed E-state index contributed by atoms with van der Waals surface area (Å²) in [7, 11) is 0. The highest BCUT2D eigenvalue weighted by Gasteiger charge is 2.45. The molecule has 1 saturated carbocycles. The molecule has 2 N–H and O–H groups in total. The minimum atomic E-state index is -1.17. The first-order chi connectivity index (χ1) is 19.1. The van der Waals surface area contributed by atoms with E-state index in [0.717, 1.165) is 35.3 Å². The molecule has 2 aromatic carbocycles. The van der Waals surface area contributed by atoms with Crippen molar-refractivity contribution in [1.82, 2.24) is 10.1 Å². The molecule has 1 aliphatic heterocycles. The van der Waals surface area contributed by atoms with Gasteiger partial charge in [0.2, 0.25) is 0 Å². The number of halogens is 2. The lowest BCUT2D eigenvalue weighted by Crippen LogP contribution is -2.60. The van der Waals surface area contributed by atoms with Gasteiger partial charge in [-0.2, -0.15) is 0 Å². The maximum Gasteiger partial charge on any atom is 0.337 e. The van der Waals surface area contributed by atoms with Crippen LogP contribution in [0.15, 0.2) is 53.1 Å². The number of carboxylic acids is 1. The molecule has 0 radical (unpaired) electrons. The zero-order chi connectivity index (χ0) is 28.2. The SMILES string of the molecule is Cc1cccc(Cl)c1-c1noc(C2CC2)c1COc1ccc(C2(O)CN(c3ccc(C(=O)O)c(C)n3)C2)c(Cl)c1. The van der Waals surface area contributed by atoms with Gasteiger partial charge in [0.15, 0.2) is 0 Å². The molecular formula is C30H27Cl2N3O5. The summed E-state index contributed by atoms with van der Waals surface area (Å²) < 4.78 is 11.9. The Morgan fingerprint density at radius 1 is 1.12 bits per heavy atom. The largest absolute Gasteiger partial charge is 0.489 e. The number of hydrogen-bond donors (Lipinski definition) is 2. The standard InChI is InChI=1S/C30H27Cl2N3O5/c1-16-4-3-5-23(31)26(16)27-21(28(40-34-27)18-6-7-18)13-39-19-8-10-22(24(32)12-19)30(38)14-35(15-30)25-11-9-20(29(36)37)17(2)33-25/h3-5,8-12,18,38H,6-7,13-15H2,1-2H3,(H,36,37). The highest BCUT2D eigenvalue weighted by Crippen LogP contribution is 2.46. The second kappa shape index (κ2) is 10.1. The van der Waals surface area contributed by atoms with Crippen LogP contribution < -0.4 is 9.64 Å². The number of rotatable bonds is 8. The fourth-order valence-electron chi connectivity index (χ4n) is 5.24. The number of β-amino-alcohol motifs (C(OH)–C–C–N with tert-alkyl or cyclic N) is 1. The number of nitrogens with zero attached hydrogens (tertiary/aromatic N) is 3. The van der Waals surface area contributed by atoms with Gasteiger partial charge >= 0.3 is 5.97 Å². The number of carboxylic acid groups (broad SMARTS) is 1. The van der Waals surface area contributed by atoms with Crippen molar-refractivity contribution < 1.29 is 24.3 Å². The van der Waals surface area contributed by atoms with Crippen LogP contribution in [0.25, 0.3) is 11.3 Å². The number of aryl methyl sites for hydroxylation is 2. The third-order valence-corrected chi connectivity index (χ3v) is 8.21. The van der Waals surface area contributed by atoms with Crippen molar-refractivity contribution in [3.8, 4) is 17.0 Å². The van der Waals surface area contributed by atoms with Crippen LogP contribution in [0.5, 0.6) is 5.75 Å². The van der Waals surface area contributed by atoms with E-state index in [1.54, 1.807) is 31.2 Å². The van der Waals surface area contributed by atoms with Gasteiger partial charge < -0.3 is 24.4 Å². The minimum Gasteiger partial charge on any atom is -0.489 e. The summed E-state index contributed by atoms with van der Waals surface area (Å²) in [4.78, 5) is 17.5. The summed E-state index contributed by atoms with van der Waals surface area (Å²) >= 11 is 13.2. The van der Waals surface area contributed by atoms with Gasteiger partial charge in [0.25, 0.3) is 0 Å². The van der Waals surface area contributed by atoms with Crippen LogP contribution in [-0.4, -0.2) is 39.4 Å². The van der Waals surface area contributed by atoms with E-state index < -0.39 is 11.6 Å². The Bertz CT molecular complexity index is 1610. The van der Waals surface area contributed by atoms with Gasteiger partial charge in [0.05, 0.1) is 40.0 Å². The van der Waals surface area contributed by atoms with Crippen LogP contribution in [0, 0.1) is 13.8 Å². The van der Waals surface area contributed by atoms with Gasteiger partial charge in [-0.05, 0) is 62.6 Å². The molecule has 206 valence electrons. The lowest BCUT2D eigenvalue weighted by molar-refractivity contribution is 0.00708. The second-order valence-electron chi connectivity index (χ2n) is 10.5. The predicted octanol–water partition coefficient (Wildman–Crippen LogP) is 6.52. The fraction of sp³-hybridized carbons (Fsp3) is 0.300. The number of aliphatic hydroxyl groups is 1. The summed E-state index contributed by atoms with van der Waals surface area (Å²) in [6, 6.07) is 14.2. The zero-order valence-electron chi connectivity index (χ0n) is 21.9. The maximum absolute atomic E-state index is 11.3. The first-order valence-corrected chi connectivity index (χ1v) is 13.8. The Labute approximate surface area is 241 Å². The predicted molar refractivity (Wildman–Crippen MR) is 151 cm³/mol. The molecule has 0 bridgehead atoms. The van der Waals surface area contributed by atoms with E-state index in [0.29, 0.717) is 44.5 Å². The van der Waals surface area contributed by atoms with Crippen molar-refractivity contribution in [2.45, 2.75) is 44.8 Å². The van der Waals surface area contributed by atoms with Crippen LogP contribution in [0.2, 0.25) is 10.0 Å². The van der Waals surface area contributed by atoms with Crippen molar-refractivity contribution in [2.75, 3.05) is 18.0 Å². The summed E-state index contributed by atoms with van der Waals surface area (Å²) in [6.07, 6.45) is 2.11. The van der Waals surface area contributed by atoms with E-state index >= 15 is 0 Å². The average Bonchev–Trinajstić information content (AvgIpc) is 3.65. The van der Waals surface area contributed by atoms with Gasteiger partial charge in [0.1, 0.15) is 35.2 Å². The number of hydrogen-bond acceptors (Lipinski definition) is 7. The van der Waals surface area contributed by atoms with Crippen LogP contribution in [0.4, 0.5) is 5.82 Å². The Balaban J connectivity index is 1.18. The highest BCUT2D eigenvalue weighted by atomic mass is 35.5. The highest BCUT2D eigenvalue weighted by molar-refractivity contribution is 6.33. The average molecular weight is 580 g/mol. The van der Waals surface area contributed by atoms with Crippen molar-refractivity contribution in [2.24, 2.45) is 0 Å². The van der Waals surface area contributed by atoms with Gasteiger partial charge in [0, 0.05) is 17.0 Å². The van der Waals surface area contributed by atoms with Crippen molar-refractivity contribution in [3.05, 3.63) is 92.3 Å². The molecule has 1 saturated heterocycles. The molecule has 2 aromatic heterocycles. The number of aromatic carboxylic acids is 1. The van der Waals surface area contributed by atoms with E-state index in [1.807, 2.05) is 30.0 Å². The molecule has 1 aliphatic carbocycles. The van der Waals surface area contributed by atoms with Crippen LogP contribution in [-0.2, 0) is 12.2 Å². The molecule has 3 heterocycles. The molecule has 8 nitrogen and oxygen atoms in total. The molecule has 2 aliphatic rings. The Hall–Kier alpha value is -3.59. The summed E-state index contributed by atoms with van der Waals surface area (Å²) in [6.45, 7) is 4.43. The molecule has 40 heavy (non-hydrogen) atoms. The first kappa shape index (κ1) is 26.6. The number of benzene rings is 2. The van der Waals surface area contributed by atoms with Crippen LogP contribution in [0.3, 0.4) is 0 Å². The van der Waals surface area contributed by atoms with Crippen molar-refractivity contribution in [3.63, 3.8) is 0 Å². The van der Waals surface area contributed by atoms with Gasteiger partial charge in [-0.3, -0.25) is 0 Å². The maximum atomic E-state index is 11.3.